The highest BCUT2D eigenvalue weighted by Crippen LogP contribution is 2.26. The normalized spacial score (nSPS) is 13.7. The van der Waals surface area contributed by atoms with Crippen molar-refractivity contribution in [3.8, 4) is 5.75 Å². The van der Waals surface area contributed by atoms with Crippen LogP contribution in [0.1, 0.15) is 12.5 Å². The number of ether oxygens (including phenoxy) is 2. The molecule has 3 rings (SSSR count). The highest BCUT2D eigenvalue weighted by molar-refractivity contribution is 5.99. The fourth-order valence-electron chi connectivity index (χ4n) is 2.38. The number of amides is 1. The standard InChI is InChI=1S/C19H14F3NO4/c1-10(18(24)23-14-7-6-13(20)16(21)17(14)22)27-19(25)12-8-11-4-2-3-5-15(11)26-9-12/h2-8,10H,9H2,1H3,(H,23,24)/t10-/m1/s1. The van der Waals surface area contributed by atoms with Crippen molar-refractivity contribution in [2.45, 2.75) is 13.0 Å². The molecule has 0 unspecified atom stereocenters. The van der Waals surface area contributed by atoms with Crippen molar-refractivity contribution in [3.05, 3.63) is 65.0 Å². The van der Waals surface area contributed by atoms with Gasteiger partial charge in [0.2, 0.25) is 0 Å². The van der Waals surface area contributed by atoms with Crippen LogP contribution in [0.4, 0.5) is 18.9 Å². The number of carbonyl (C=O) groups excluding carboxylic acids is 2. The molecule has 1 aliphatic rings. The van der Waals surface area contributed by atoms with Crippen molar-refractivity contribution < 1.29 is 32.2 Å². The molecule has 1 atom stereocenters. The van der Waals surface area contributed by atoms with Gasteiger partial charge in [-0.2, -0.15) is 0 Å². The molecule has 0 radical (unpaired) electrons. The van der Waals surface area contributed by atoms with Gasteiger partial charge in [0.1, 0.15) is 12.4 Å². The number of hydrogen-bond donors (Lipinski definition) is 1. The SMILES string of the molecule is C[C@@H](OC(=O)C1=Cc2ccccc2OC1)C(=O)Nc1ccc(F)c(F)c1F. The summed E-state index contributed by atoms with van der Waals surface area (Å²) in [6.07, 6.45) is 0.281. The van der Waals surface area contributed by atoms with Crippen LogP contribution < -0.4 is 10.1 Å². The molecule has 0 aromatic heterocycles. The van der Waals surface area contributed by atoms with Gasteiger partial charge in [-0.25, -0.2) is 18.0 Å². The Morgan fingerprint density at radius 2 is 1.85 bits per heavy atom. The Morgan fingerprint density at radius 1 is 1.11 bits per heavy atom. The number of nitrogens with one attached hydrogen (secondary N) is 1. The molecule has 0 aliphatic carbocycles. The van der Waals surface area contributed by atoms with Crippen molar-refractivity contribution in [2.75, 3.05) is 11.9 Å². The van der Waals surface area contributed by atoms with Gasteiger partial charge in [-0.05, 0) is 31.2 Å². The fourth-order valence-corrected chi connectivity index (χ4v) is 2.38. The van der Waals surface area contributed by atoms with E-state index in [1.165, 1.54) is 6.92 Å². The number of para-hydroxylation sites is 1. The lowest BCUT2D eigenvalue weighted by Gasteiger charge is -2.19. The maximum Gasteiger partial charge on any atom is 0.338 e. The summed E-state index contributed by atoms with van der Waals surface area (Å²) >= 11 is 0. The summed E-state index contributed by atoms with van der Waals surface area (Å²) in [5.74, 6) is -5.69. The zero-order valence-electron chi connectivity index (χ0n) is 14.1. The molecule has 27 heavy (non-hydrogen) atoms. The van der Waals surface area contributed by atoms with Crippen molar-refractivity contribution in [2.24, 2.45) is 0 Å². The molecule has 0 saturated heterocycles. The van der Waals surface area contributed by atoms with Crippen LogP contribution in [0.25, 0.3) is 6.08 Å². The number of hydrogen-bond acceptors (Lipinski definition) is 4. The van der Waals surface area contributed by atoms with Crippen LogP contribution in [0.2, 0.25) is 0 Å². The van der Waals surface area contributed by atoms with E-state index < -0.39 is 41.1 Å². The second-order valence-corrected chi connectivity index (χ2v) is 5.76. The Morgan fingerprint density at radius 3 is 2.63 bits per heavy atom. The number of benzene rings is 2. The molecule has 0 saturated carbocycles. The molecule has 1 aliphatic heterocycles. The van der Waals surface area contributed by atoms with Crippen LogP contribution in [0.15, 0.2) is 42.0 Å². The molecule has 1 heterocycles. The van der Waals surface area contributed by atoms with E-state index in [9.17, 15) is 22.8 Å². The molecule has 0 bridgehead atoms. The molecule has 1 N–H and O–H groups in total. The monoisotopic (exact) mass is 377 g/mol. The highest BCUT2D eigenvalue weighted by atomic mass is 19.2. The van der Waals surface area contributed by atoms with Crippen molar-refractivity contribution in [1.29, 1.82) is 0 Å². The Bertz CT molecular complexity index is 943. The number of esters is 1. The second-order valence-electron chi connectivity index (χ2n) is 5.76. The van der Waals surface area contributed by atoms with Crippen molar-refractivity contribution in [1.82, 2.24) is 0 Å². The minimum atomic E-state index is -1.71. The molecule has 2 aromatic carbocycles. The summed E-state index contributed by atoms with van der Waals surface area (Å²) in [5, 5.41) is 2.05. The molecular weight excluding hydrogens is 363 g/mol. The van der Waals surface area contributed by atoms with Gasteiger partial charge in [-0.1, -0.05) is 18.2 Å². The summed E-state index contributed by atoms with van der Waals surface area (Å²) in [7, 11) is 0. The van der Waals surface area contributed by atoms with Gasteiger partial charge in [-0.3, -0.25) is 4.79 Å². The first kappa shape index (κ1) is 18.5. The molecule has 1 amide bonds. The van der Waals surface area contributed by atoms with Gasteiger partial charge >= 0.3 is 5.97 Å². The van der Waals surface area contributed by atoms with Crippen molar-refractivity contribution in [3.63, 3.8) is 0 Å². The fraction of sp³-hybridized carbons (Fsp3) is 0.158. The van der Waals surface area contributed by atoms with E-state index in [0.717, 1.165) is 6.07 Å². The Kier molecular flexibility index (Phi) is 5.16. The van der Waals surface area contributed by atoms with Crippen LogP contribution in [0, 0.1) is 17.5 Å². The van der Waals surface area contributed by atoms with Crippen LogP contribution in [-0.4, -0.2) is 24.6 Å². The summed E-state index contributed by atoms with van der Waals surface area (Å²) in [4.78, 5) is 24.3. The van der Waals surface area contributed by atoms with Crippen molar-refractivity contribution >= 4 is 23.6 Å². The van der Waals surface area contributed by atoms with Crippen LogP contribution in [0.3, 0.4) is 0 Å². The average molecular weight is 377 g/mol. The first-order valence-electron chi connectivity index (χ1n) is 7.94. The summed E-state index contributed by atoms with van der Waals surface area (Å²) < 4.78 is 50.2. The lowest BCUT2D eigenvalue weighted by atomic mass is 10.1. The number of anilines is 1. The maximum atomic E-state index is 13.6. The lowest BCUT2D eigenvalue weighted by molar-refractivity contribution is -0.149. The van der Waals surface area contributed by atoms with Gasteiger partial charge in [0, 0.05) is 5.56 Å². The van der Waals surface area contributed by atoms with Gasteiger partial charge in [-0.15, -0.1) is 0 Å². The minimum Gasteiger partial charge on any atom is -0.488 e. The topological polar surface area (TPSA) is 64.6 Å². The number of rotatable bonds is 4. The number of fused-ring (bicyclic) bond motifs is 1. The quantitative estimate of drug-likeness (QED) is 0.655. The number of halogens is 3. The lowest BCUT2D eigenvalue weighted by Crippen LogP contribution is -2.31. The average Bonchev–Trinajstić information content (AvgIpc) is 2.67. The third-order valence-corrected chi connectivity index (χ3v) is 3.84. The highest BCUT2D eigenvalue weighted by Gasteiger charge is 2.24. The molecule has 5 nitrogen and oxygen atoms in total. The zero-order chi connectivity index (χ0) is 19.6. The summed E-state index contributed by atoms with van der Waals surface area (Å²) in [6, 6.07) is 8.62. The minimum absolute atomic E-state index is 0.0258. The smallest absolute Gasteiger partial charge is 0.338 e. The van der Waals surface area contributed by atoms with E-state index in [-0.39, 0.29) is 12.2 Å². The van der Waals surface area contributed by atoms with Gasteiger partial charge in [0.15, 0.2) is 23.6 Å². The van der Waals surface area contributed by atoms with Crippen LogP contribution in [-0.2, 0) is 14.3 Å². The molecule has 8 heteroatoms. The van der Waals surface area contributed by atoms with E-state index in [0.29, 0.717) is 17.4 Å². The van der Waals surface area contributed by atoms with E-state index in [4.69, 9.17) is 9.47 Å². The van der Waals surface area contributed by atoms with Crippen LogP contribution >= 0.6 is 0 Å². The van der Waals surface area contributed by atoms with Gasteiger partial charge in [0.05, 0.1) is 11.3 Å². The molecule has 0 fully saturated rings. The first-order valence-corrected chi connectivity index (χ1v) is 7.94. The van der Waals surface area contributed by atoms with E-state index in [1.54, 1.807) is 30.3 Å². The Balaban J connectivity index is 1.66. The predicted molar refractivity (Wildman–Crippen MR) is 90.4 cm³/mol. The molecule has 2 aromatic rings. The van der Waals surface area contributed by atoms with E-state index in [2.05, 4.69) is 5.32 Å². The maximum absolute atomic E-state index is 13.6. The summed E-state index contributed by atoms with van der Waals surface area (Å²) in [5.41, 5.74) is 0.333. The Hall–Kier alpha value is -3.29. The Labute approximate surface area is 152 Å². The third-order valence-electron chi connectivity index (χ3n) is 3.84. The summed E-state index contributed by atoms with van der Waals surface area (Å²) in [6.45, 7) is 1.24. The van der Waals surface area contributed by atoms with Gasteiger partial charge < -0.3 is 14.8 Å². The number of carbonyl (C=O) groups is 2. The van der Waals surface area contributed by atoms with E-state index in [1.807, 2.05) is 0 Å². The second kappa shape index (κ2) is 7.53. The molecular formula is C19H14F3NO4. The van der Waals surface area contributed by atoms with Gasteiger partial charge in [0.25, 0.3) is 5.91 Å². The molecule has 140 valence electrons. The third kappa shape index (κ3) is 3.94. The zero-order valence-corrected chi connectivity index (χ0v) is 14.1. The van der Waals surface area contributed by atoms with E-state index >= 15 is 0 Å². The molecule has 0 spiro atoms. The predicted octanol–water partition coefficient (Wildman–Crippen LogP) is 3.45. The first-order chi connectivity index (χ1) is 12.9. The largest absolute Gasteiger partial charge is 0.488 e. The van der Waals surface area contributed by atoms with Crippen LogP contribution in [0.5, 0.6) is 5.75 Å².